The zero-order chi connectivity index (χ0) is 28.4. The standard InChI is InChI=1S/C32H28N2O6S/c1-3-4-17-34-22-14-8-6-12-20(22)32(30(34)37)26-27(19-11-5-9-15-23(19)39-28(26)36)40-31(18-25(35)38-2)29(32)41-24-16-10-7-13-21(24)33-31/h5-16,29,33H,3-4,17-18H2,1-2H3/t29-,31-,32-/m1/s1. The van der Waals surface area contributed by atoms with E-state index in [1.54, 1.807) is 23.1 Å². The lowest BCUT2D eigenvalue weighted by atomic mass is 9.67. The van der Waals surface area contributed by atoms with Crippen LogP contribution in [0, 0.1) is 0 Å². The molecule has 0 radical (unpaired) electrons. The minimum Gasteiger partial charge on any atom is -0.469 e. The molecule has 1 N–H and O–H groups in total. The number of nitrogens with zero attached hydrogens (tertiary/aromatic N) is 1. The van der Waals surface area contributed by atoms with Crippen LogP contribution >= 0.6 is 11.8 Å². The lowest BCUT2D eigenvalue weighted by Gasteiger charge is -2.54. The number of amides is 1. The highest BCUT2D eigenvalue weighted by atomic mass is 32.2. The van der Waals surface area contributed by atoms with Gasteiger partial charge < -0.3 is 24.1 Å². The van der Waals surface area contributed by atoms with Crippen LogP contribution in [-0.4, -0.2) is 36.5 Å². The molecule has 1 spiro atoms. The van der Waals surface area contributed by atoms with E-state index in [2.05, 4.69) is 12.2 Å². The fourth-order valence-corrected chi connectivity index (χ4v) is 8.12. The second-order valence-electron chi connectivity index (χ2n) is 10.6. The van der Waals surface area contributed by atoms with E-state index in [1.807, 2.05) is 54.6 Å². The molecule has 0 bridgehead atoms. The number of anilines is 2. The smallest absolute Gasteiger partial charge is 0.344 e. The van der Waals surface area contributed by atoms with Crippen molar-refractivity contribution in [2.75, 3.05) is 23.9 Å². The van der Waals surface area contributed by atoms with Crippen molar-refractivity contribution < 1.29 is 23.5 Å². The van der Waals surface area contributed by atoms with Crippen molar-refractivity contribution in [2.45, 2.75) is 47.5 Å². The fourth-order valence-electron chi connectivity index (χ4n) is 6.56. The van der Waals surface area contributed by atoms with E-state index in [0.717, 1.165) is 29.1 Å². The molecule has 208 valence electrons. The van der Waals surface area contributed by atoms with Crippen molar-refractivity contribution >= 4 is 46.0 Å². The third-order valence-corrected chi connectivity index (χ3v) is 9.89. The molecular formula is C32H28N2O6S. The Morgan fingerprint density at radius 3 is 2.63 bits per heavy atom. The molecule has 0 saturated carbocycles. The monoisotopic (exact) mass is 568 g/mol. The third kappa shape index (κ3) is 3.51. The number of fused-ring (bicyclic) bond motifs is 9. The van der Waals surface area contributed by atoms with Crippen LogP contribution in [0.3, 0.4) is 0 Å². The predicted molar refractivity (Wildman–Crippen MR) is 157 cm³/mol. The highest BCUT2D eigenvalue weighted by Crippen LogP contribution is 2.63. The number of methoxy groups -OCH3 is 1. The fraction of sp³-hybridized carbons (Fsp3) is 0.281. The summed E-state index contributed by atoms with van der Waals surface area (Å²) >= 11 is 1.44. The summed E-state index contributed by atoms with van der Waals surface area (Å²) in [5.74, 6) is -0.493. The van der Waals surface area contributed by atoms with Gasteiger partial charge in [0.15, 0.2) is 0 Å². The van der Waals surface area contributed by atoms with Crippen LogP contribution in [-0.2, 0) is 19.7 Å². The largest absolute Gasteiger partial charge is 0.469 e. The Morgan fingerprint density at radius 1 is 1.05 bits per heavy atom. The van der Waals surface area contributed by atoms with Crippen molar-refractivity contribution in [3.05, 3.63) is 94.3 Å². The number of hydrogen-bond acceptors (Lipinski definition) is 8. The summed E-state index contributed by atoms with van der Waals surface area (Å²) in [7, 11) is 1.33. The molecule has 0 unspecified atom stereocenters. The number of thioether (sulfide) groups is 1. The van der Waals surface area contributed by atoms with E-state index >= 15 is 4.79 Å². The minimum absolute atomic E-state index is 0.159. The normalized spacial score (nSPS) is 23.7. The van der Waals surface area contributed by atoms with Gasteiger partial charge in [0.25, 0.3) is 0 Å². The van der Waals surface area contributed by atoms with Gasteiger partial charge in [-0.2, -0.15) is 0 Å². The third-order valence-electron chi connectivity index (χ3n) is 8.31. The van der Waals surface area contributed by atoms with Crippen LogP contribution in [0.5, 0.6) is 5.75 Å². The first kappa shape index (κ1) is 25.7. The van der Waals surface area contributed by atoms with E-state index in [4.69, 9.17) is 13.9 Å². The second-order valence-corrected chi connectivity index (χ2v) is 11.7. The molecule has 3 aliphatic heterocycles. The first-order chi connectivity index (χ1) is 19.9. The summed E-state index contributed by atoms with van der Waals surface area (Å²) in [4.78, 5) is 44.9. The molecule has 0 aliphatic carbocycles. The van der Waals surface area contributed by atoms with E-state index in [1.165, 1.54) is 18.9 Å². The van der Waals surface area contributed by atoms with Gasteiger partial charge in [-0.25, -0.2) is 4.79 Å². The van der Waals surface area contributed by atoms with E-state index in [9.17, 15) is 9.59 Å². The van der Waals surface area contributed by atoms with Gasteiger partial charge in [0, 0.05) is 17.1 Å². The van der Waals surface area contributed by atoms with E-state index in [-0.39, 0.29) is 23.6 Å². The second kappa shape index (κ2) is 9.41. The van der Waals surface area contributed by atoms with Crippen molar-refractivity contribution in [2.24, 2.45) is 0 Å². The summed E-state index contributed by atoms with van der Waals surface area (Å²) in [5.41, 5.74) is -0.870. The van der Waals surface area contributed by atoms with Gasteiger partial charge in [-0.3, -0.25) is 9.59 Å². The van der Waals surface area contributed by atoms with Crippen LogP contribution in [0.1, 0.15) is 37.3 Å². The first-order valence-electron chi connectivity index (χ1n) is 13.7. The Morgan fingerprint density at radius 2 is 1.80 bits per heavy atom. The number of para-hydroxylation sites is 3. The lowest BCUT2D eigenvalue weighted by molar-refractivity contribution is -0.146. The highest BCUT2D eigenvalue weighted by molar-refractivity contribution is 8.00. The average molecular weight is 569 g/mol. The number of carbonyl (C=O) groups is 2. The van der Waals surface area contributed by atoms with Crippen LogP contribution in [0.4, 0.5) is 11.4 Å². The Balaban J connectivity index is 1.62. The molecule has 1 amide bonds. The number of unbranched alkanes of at least 4 members (excludes halogenated alkanes) is 1. The molecule has 1 aromatic heterocycles. The summed E-state index contributed by atoms with van der Waals surface area (Å²) in [5, 5.41) is 3.30. The van der Waals surface area contributed by atoms with Gasteiger partial charge in [-0.15, -0.1) is 11.8 Å². The van der Waals surface area contributed by atoms with Gasteiger partial charge in [0.2, 0.25) is 11.6 Å². The number of esters is 1. The molecule has 41 heavy (non-hydrogen) atoms. The maximum absolute atomic E-state index is 15.1. The van der Waals surface area contributed by atoms with E-state index < -0.39 is 28.0 Å². The van der Waals surface area contributed by atoms with Gasteiger partial charge in [0.05, 0.1) is 23.4 Å². The van der Waals surface area contributed by atoms with Crippen LogP contribution in [0.15, 0.2) is 86.9 Å². The Bertz CT molecular complexity index is 1790. The SMILES string of the molecule is CCCCN1C(=O)[C@]2(c3ccccc31)c1c(c3ccccc3oc1=O)O[C@@]1(CC(=O)OC)Nc3ccccc3S[C@@H]21. The molecule has 3 aliphatic rings. The molecule has 3 aromatic carbocycles. The quantitative estimate of drug-likeness (QED) is 0.250. The summed E-state index contributed by atoms with van der Waals surface area (Å²) in [6.07, 6.45) is 1.48. The highest BCUT2D eigenvalue weighted by Gasteiger charge is 2.70. The molecule has 4 heterocycles. The van der Waals surface area contributed by atoms with Crippen LogP contribution in [0.2, 0.25) is 0 Å². The molecule has 3 atom stereocenters. The number of hydrogen-bond donors (Lipinski definition) is 1. The Kier molecular flexibility index (Phi) is 5.90. The molecular weight excluding hydrogens is 540 g/mol. The number of benzene rings is 3. The average Bonchev–Trinajstić information content (AvgIpc) is 3.22. The van der Waals surface area contributed by atoms with Crippen molar-refractivity contribution in [3.8, 4) is 5.75 Å². The van der Waals surface area contributed by atoms with Crippen LogP contribution < -0.4 is 20.6 Å². The summed E-state index contributed by atoms with van der Waals surface area (Å²) in [6, 6.07) is 22.4. The zero-order valence-corrected chi connectivity index (χ0v) is 23.5. The predicted octanol–water partition coefficient (Wildman–Crippen LogP) is 5.46. The number of carbonyl (C=O) groups excluding carboxylic acids is 2. The maximum Gasteiger partial charge on any atom is 0.344 e. The Labute approximate surface area is 240 Å². The number of nitrogens with one attached hydrogen (secondary N) is 1. The van der Waals surface area contributed by atoms with Crippen molar-refractivity contribution in [3.63, 3.8) is 0 Å². The minimum atomic E-state index is -1.51. The molecule has 0 fully saturated rings. The van der Waals surface area contributed by atoms with Gasteiger partial charge in [0.1, 0.15) is 28.7 Å². The van der Waals surface area contributed by atoms with Gasteiger partial charge in [-0.05, 0) is 42.3 Å². The van der Waals surface area contributed by atoms with E-state index in [0.29, 0.717) is 23.1 Å². The molecule has 7 rings (SSSR count). The van der Waals surface area contributed by atoms with Crippen LogP contribution in [0.25, 0.3) is 11.0 Å². The molecule has 8 nitrogen and oxygen atoms in total. The summed E-state index contributed by atoms with van der Waals surface area (Å²) in [6.45, 7) is 2.57. The zero-order valence-electron chi connectivity index (χ0n) is 22.6. The topological polar surface area (TPSA) is 98.1 Å². The van der Waals surface area contributed by atoms with Crippen molar-refractivity contribution in [1.82, 2.24) is 0 Å². The Hall–Kier alpha value is -4.24. The first-order valence-corrected chi connectivity index (χ1v) is 14.6. The molecule has 4 aromatic rings. The number of rotatable bonds is 5. The van der Waals surface area contributed by atoms with Gasteiger partial charge in [-0.1, -0.05) is 55.8 Å². The lowest BCUT2D eigenvalue weighted by Crippen LogP contribution is -2.69. The molecule has 9 heteroatoms. The number of ether oxygens (including phenoxy) is 2. The molecule has 0 saturated heterocycles. The van der Waals surface area contributed by atoms with Crippen molar-refractivity contribution in [1.29, 1.82) is 0 Å². The summed E-state index contributed by atoms with van der Waals surface area (Å²) < 4.78 is 17.9. The van der Waals surface area contributed by atoms with Gasteiger partial charge >= 0.3 is 11.6 Å². The maximum atomic E-state index is 15.1.